The Labute approximate surface area is 112 Å². The van der Waals surface area contributed by atoms with Gasteiger partial charge in [0.2, 0.25) is 5.91 Å². The Kier molecular flexibility index (Phi) is 3.09. The minimum Gasteiger partial charge on any atom is -0.410 e. The molecule has 18 heavy (non-hydrogen) atoms. The smallest absolute Gasteiger partial charge is 0.277 e. The predicted octanol–water partition coefficient (Wildman–Crippen LogP) is 2.12. The van der Waals surface area contributed by atoms with Crippen LogP contribution in [0.2, 0.25) is 0 Å². The largest absolute Gasteiger partial charge is 0.410 e. The molecule has 0 N–H and O–H groups in total. The molecule has 0 bridgehead atoms. The highest BCUT2D eigenvalue weighted by Crippen LogP contribution is 2.32. The van der Waals surface area contributed by atoms with Crippen molar-refractivity contribution in [2.45, 2.75) is 16.9 Å². The van der Waals surface area contributed by atoms with Crippen LogP contribution in [0.5, 0.6) is 0 Å². The average Bonchev–Trinajstić information content (AvgIpc) is 3.06. The van der Waals surface area contributed by atoms with Gasteiger partial charge in [-0.15, -0.1) is 21.5 Å². The fourth-order valence-corrected chi connectivity index (χ4v) is 3.39. The summed E-state index contributed by atoms with van der Waals surface area (Å²) in [5.41, 5.74) is 0. The van der Waals surface area contributed by atoms with Crippen molar-refractivity contribution in [3.63, 3.8) is 0 Å². The Hall–Kier alpha value is -1.34. The number of hydrogen-bond acceptors (Lipinski definition) is 6. The van der Waals surface area contributed by atoms with Gasteiger partial charge in [0.05, 0.1) is 10.1 Å². The van der Waals surface area contributed by atoms with Crippen LogP contribution < -0.4 is 0 Å². The van der Waals surface area contributed by atoms with E-state index < -0.39 is 0 Å². The van der Waals surface area contributed by atoms with Gasteiger partial charge in [-0.25, -0.2) is 0 Å². The molecule has 0 spiro atoms. The molecule has 0 aromatic carbocycles. The number of rotatable bonds is 3. The van der Waals surface area contributed by atoms with Crippen molar-refractivity contribution in [3.05, 3.63) is 17.5 Å². The van der Waals surface area contributed by atoms with E-state index in [2.05, 4.69) is 10.2 Å². The van der Waals surface area contributed by atoms with Crippen LogP contribution in [0.4, 0.5) is 0 Å². The minimum absolute atomic E-state index is 0.0911. The maximum absolute atomic E-state index is 11.8. The maximum Gasteiger partial charge on any atom is 0.277 e. The molecule has 0 radical (unpaired) electrons. The van der Waals surface area contributed by atoms with E-state index in [1.54, 1.807) is 16.2 Å². The quantitative estimate of drug-likeness (QED) is 0.862. The lowest BCUT2D eigenvalue weighted by atomic mass is 10.4. The molecule has 3 rings (SSSR count). The van der Waals surface area contributed by atoms with E-state index in [-0.39, 0.29) is 11.2 Å². The zero-order chi connectivity index (χ0) is 12.5. The molecule has 7 heteroatoms. The fraction of sp³-hybridized carbons (Fsp3) is 0.364. The molecule has 3 heterocycles. The third-order valence-corrected chi connectivity index (χ3v) is 4.71. The number of carbonyl (C=O) groups is 1. The molecule has 2 aromatic rings. The first-order valence-corrected chi connectivity index (χ1v) is 7.29. The number of thioether (sulfide) groups is 1. The summed E-state index contributed by atoms with van der Waals surface area (Å²) in [4.78, 5) is 14.4. The molecule has 1 aliphatic heterocycles. The molecular formula is C11H11N3O2S2. The summed E-state index contributed by atoms with van der Waals surface area (Å²) in [6.45, 7) is 0.794. The monoisotopic (exact) mass is 281 g/mol. The second-order valence-corrected chi connectivity index (χ2v) is 6.11. The minimum atomic E-state index is -0.0911. The van der Waals surface area contributed by atoms with Crippen LogP contribution in [0.25, 0.3) is 10.8 Å². The lowest BCUT2D eigenvalue weighted by Crippen LogP contribution is -2.23. The molecule has 94 valence electrons. The van der Waals surface area contributed by atoms with Gasteiger partial charge in [0.1, 0.15) is 0 Å². The van der Waals surface area contributed by atoms with Crippen molar-refractivity contribution in [3.8, 4) is 10.8 Å². The molecule has 0 unspecified atom stereocenters. The Bertz CT molecular complexity index is 552. The van der Waals surface area contributed by atoms with E-state index in [1.807, 2.05) is 24.6 Å². The first-order valence-electron chi connectivity index (χ1n) is 5.53. The standard InChI is InChI=1S/C11H11N3O2S2/c1-14-5-4-8(10(14)15)18-11-13-12-9(16-11)7-3-2-6-17-7/h2-3,6,8H,4-5H2,1H3/t8-/m1/s1. The van der Waals surface area contributed by atoms with Gasteiger partial charge in [0.15, 0.2) is 0 Å². The zero-order valence-electron chi connectivity index (χ0n) is 9.70. The van der Waals surface area contributed by atoms with Crippen LogP contribution in [-0.2, 0) is 4.79 Å². The van der Waals surface area contributed by atoms with E-state index in [4.69, 9.17) is 4.42 Å². The highest BCUT2D eigenvalue weighted by Gasteiger charge is 2.31. The summed E-state index contributed by atoms with van der Waals surface area (Å²) < 4.78 is 5.55. The third-order valence-electron chi connectivity index (χ3n) is 2.76. The van der Waals surface area contributed by atoms with Crippen molar-refractivity contribution in [2.75, 3.05) is 13.6 Å². The van der Waals surface area contributed by atoms with Gasteiger partial charge < -0.3 is 9.32 Å². The van der Waals surface area contributed by atoms with Crippen molar-refractivity contribution < 1.29 is 9.21 Å². The van der Waals surface area contributed by atoms with Crippen LogP contribution in [0.1, 0.15) is 6.42 Å². The highest BCUT2D eigenvalue weighted by atomic mass is 32.2. The topological polar surface area (TPSA) is 59.2 Å². The van der Waals surface area contributed by atoms with Gasteiger partial charge in [-0.3, -0.25) is 4.79 Å². The van der Waals surface area contributed by atoms with Crippen LogP contribution in [-0.4, -0.2) is 39.8 Å². The maximum atomic E-state index is 11.8. The number of likely N-dealkylation sites (tertiary alicyclic amines) is 1. The Morgan fingerprint density at radius 2 is 2.44 bits per heavy atom. The summed E-state index contributed by atoms with van der Waals surface area (Å²) >= 11 is 2.91. The Morgan fingerprint density at radius 1 is 1.56 bits per heavy atom. The normalized spacial score (nSPS) is 19.7. The second-order valence-electron chi connectivity index (χ2n) is 4.01. The first-order chi connectivity index (χ1) is 8.74. The Morgan fingerprint density at radius 3 is 3.11 bits per heavy atom. The van der Waals surface area contributed by atoms with E-state index in [0.29, 0.717) is 11.1 Å². The van der Waals surface area contributed by atoms with Crippen molar-refractivity contribution in [2.24, 2.45) is 0 Å². The zero-order valence-corrected chi connectivity index (χ0v) is 11.3. The van der Waals surface area contributed by atoms with E-state index in [1.165, 1.54) is 11.8 Å². The number of amides is 1. The van der Waals surface area contributed by atoms with E-state index >= 15 is 0 Å². The van der Waals surface area contributed by atoms with Gasteiger partial charge in [0, 0.05) is 13.6 Å². The number of nitrogens with zero attached hydrogens (tertiary/aromatic N) is 3. The van der Waals surface area contributed by atoms with Crippen molar-refractivity contribution >= 4 is 29.0 Å². The first kappa shape index (κ1) is 11.7. The van der Waals surface area contributed by atoms with E-state index in [9.17, 15) is 4.79 Å². The van der Waals surface area contributed by atoms with Gasteiger partial charge in [-0.2, -0.15) is 0 Å². The van der Waals surface area contributed by atoms with Crippen molar-refractivity contribution in [1.82, 2.24) is 15.1 Å². The predicted molar refractivity (Wildman–Crippen MR) is 69.5 cm³/mol. The molecule has 0 aliphatic carbocycles. The lowest BCUT2D eigenvalue weighted by Gasteiger charge is -2.07. The van der Waals surface area contributed by atoms with E-state index in [0.717, 1.165) is 17.8 Å². The molecule has 1 aliphatic rings. The molecule has 5 nitrogen and oxygen atoms in total. The fourth-order valence-electron chi connectivity index (χ4n) is 1.78. The summed E-state index contributed by atoms with van der Waals surface area (Å²) in [5, 5.41) is 10.3. The second kappa shape index (κ2) is 4.74. The molecule has 1 saturated heterocycles. The van der Waals surface area contributed by atoms with Crippen LogP contribution in [0.15, 0.2) is 27.2 Å². The molecular weight excluding hydrogens is 270 g/mol. The molecule has 0 saturated carbocycles. The Balaban J connectivity index is 1.73. The molecule has 1 atom stereocenters. The average molecular weight is 281 g/mol. The highest BCUT2D eigenvalue weighted by molar-refractivity contribution is 8.00. The number of carbonyl (C=O) groups excluding carboxylic acids is 1. The summed E-state index contributed by atoms with van der Waals surface area (Å²) in [7, 11) is 1.81. The number of aromatic nitrogens is 2. The molecule has 1 fully saturated rings. The SMILES string of the molecule is CN1CC[C@@H](Sc2nnc(-c3cccs3)o2)C1=O. The van der Waals surface area contributed by atoms with Crippen LogP contribution >= 0.6 is 23.1 Å². The van der Waals surface area contributed by atoms with Gasteiger partial charge in [-0.05, 0) is 17.9 Å². The van der Waals surface area contributed by atoms with Gasteiger partial charge in [0.25, 0.3) is 11.1 Å². The summed E-state index contributed by atoms with van der Waals surface area (Å²) in [6, 6.07) is 3.87. The number of hydrogen-bond donors (Lipinski definition) is 0. The summed E-state index contributed by atoms with van der Waals surface area (Å²) in [6.07, 6.45) is 0.830. The van der Waals surface area contributed by atoms with Crippen LogP contribution in [0, 0.1) is 0 Å². The molecule has 1 amide bonds. The lowest BCUT2D eigenvalue weighted by molar-refractivity contribution is -0.126. The van der Waals surface area contributed by atoms with Gasteiger partial charge >= 0.3 is 0 Å². The van der Waals surface area contributed by atoms with Crippen LogP contribution in [0.3, 0.4) is 0 Å². The van der Waals surface area contributed by atoms with Gasteiger partial charge in [-0.1, -0.05) is 17.8 Å². The third kappa shape index (κ3) is 2.15. The molecule has 2 aromatic heterocycles. The number of thiophene rings is 1. The summed E-state index contributed by atoms with van der Waals surface area (Å²) in [5.74, 6) is 0.655. The van der Waals surface area contributed by atoms with Crippen molar-refractivity contribution in [1.29, 1.82) is 0 Å².